The van der Waals surface area contributed by atoms with Crippen LogP contribution in [0.15, 0.2) is 24.3 Å². The highest BCUT2D eigenvalue weighted by molar-refractivity contribution is 14.1. The van der Waals surface area contributed by atoms with Crippen molar-refractivity contribution >= 4 is 28.6 Å². The average Bonchev–Trinajstić information content (AvgIpc) is 2.86. The zero-order chi connectivity index (χ0) is 13.5. The second-order valence-electron chi connectivity index (χ2n) is 5.85. The molecule has 3 nitrogen and oxygen atoms in total. The Morgan fingerprint density at radius 2 is 2.37 bits per heavy atom. The Kier molecular flexibility index (Phi) is 3.55. The van der Waals surface area contributed by atoms with E-state index in [9.17, 15) is 9.90 Å². The number of fused-ring (bicyclic) bond motifs is 1. The number of benzene rings is 1. The maximum atomic E-state index is 11.6. The van der Waals surface area contributed by atoms with Crippen LogP contribution in [0.5, 0.6) is 0 Å². The van der Waals surface area contributed by atoms with Crippen LogP contribution < -0.4 is 0 Å². The summed E-state index contributed by atoms with van der Waals surface area (Å²) in [6.45, 7) is 2.54. The summed E-state index contributed by atoms with van der Waals surface area (Å²) in [5.41, 5.74) is 0.828. The van der Waals surface area contributed by atoms with Crippen molar-refractivity contribution < 1.29 is 9.90 Å². The van der Waals surface area contributed by atoms with E-state index in [-0.39, 0.29) is 0 Å². The molecule has 1 aromatic carbocycles. The first-order valence-corrected chi connectivity index (χ1v) is 7.88. The lowest BCUT2D eigenvalue weighted by Crippen LogP contribution is -2.35. The summed E-state index contributed by atoms with van der Waals surface area (Å²) < 4.78 is 1.24. The highest BCUT2D eigenvalue weighted by atomic mass is 127. The Morgan fingerprint density at radius 3 is 3.05 bits per heavy atom. The molecule has 1 saturated heterocycles. The van der Waals surface area contributed by atoms with Crippen LogP contribution in [-0.4, -0.2) is 29.1 Å². The van der Waals surface area contributed by atoms with E-state index in [0.29, 0.717) is 5.92 Å². The Labute approximate surface area is 127 Å². The van der Waals surface area contributed by atoms with Gasteiger partial charge in [0, 0.05) is 23.2 Å². The largest absolute Gasteiger partial charge is 0.481 e. The van der Waals surface area contributed by atoms with Gasteiger partial charge in [-0.2, -0.15) is 0 Å². The third kappa shape index (κ3) is 2.40. The third-order valence-corrected chi connectivity index (χ3v) is 5.33. The molecule has 1 aromatic rings. The van der Waals surface area contributed by atoms with Gasteiger partial charge in [0.05, 0.1) is 5.41 Å². The highest BCUT2D eigenvalue weighted by Gasteiger charge is 2.54. The number of halogens is 1. The molecule has 1 N–H and O–H groups in total. The molecule has 102 valence electrons. The zero-order valence-electron chi connectivity index (χ0n) is 10.8. The molecule has 2 atom stereocenters. The predicted molar refractivity (Wildman–Crippen MR) is 81.8 cm³/mol. The minimum Gasteiger partial charge on any atom is -0.481 e. The van der Waals surface area contributed by atoms with E-state index in [1.807, 2.05) is 0 Å². The quantitative estimate of drug-likeness (QED) is 0.831. The first-order chi connectivity index (χ1) is 9.10. The number of rotatable bonds is 3. The Hall–Kier alpha value is -0.620. The van der Waals surface area contributed by atoms with Crippen LogP contribution in [0, 0.1) is 14.9 Å². The number of nitrogens with zero attached hydrogens (tertiary/aromatic N) is 1. The van der Waals surface area contributed by atoms with E-state index < -0.39 is 11.4 Å². The number of carbonyl (C=O) groups is 1. The Bertz CT molecular complexity index is 505. The summed E-state index contributed by atoms with van der Waals surface area (Å²) in [7, 11) is 0. The van der Waals surface area contributed by atoms with Gasteiger partial charge < -0.3 is 5.11 Å². The Balaban J connectivity index is 1.74. The maximum Gasteiger partial charge on any atom is 0.311 e. The van der Waals surface area contributed by atoms with Gasteiger partial charge in [-0.15, -0.1) is 0 Å². The molecular weight excluding hydrogens is 353 g/mol. The summed E-state index contributed by atoms with van der Waals surface area (Å²) in [5, 5.41) is 9.57. The van der Waals surface area contributed by atoms with E-state index in [4.69, 9.17) is 0 Å². The van der Waals surface area contributed by atoms with Crippen LogP contribution in [0.4, 0.5) is 0 Å². The molecular formula is C15H18INO2. The summed E-state index contributed by atoms with van der Waals surface area (Å²) in [6, 6.07) is 8.47. The summed E-state index contributed by atoms with van der Waals surface area (Å²) in [4.78, 5) is 14.0. The van der Waals surface area contributed by atoms with Crippen molar-refractivity contribution in [3.05, 3.63) is 33.4 Å². The van der Waals surface area contributed by atoms with Gasteiger partial charge >= 0.3 is 5.97 Å². The Morgan fingerprint density at radius 1 is 1.53 bits per heavy atom. The van der Waals surface area contributed by atoms with E-state index >= 15 is 0 Å². The monoisotopic (exact) mass is 371 g/mol. The van der Waals surface area contributed by atoms with Crippen molar-refractivity contribution in [1.29, 1.82) is 0 Å². The molecule has 1 saturated carbocycles. The summed E-state index contributed by atoms with van der Waals surface area (Å²) in [6.07, 6.45) is 3.01. The minimum atomic E-state index is -0.583. The minimum absolute atomic E-state index is 0.354. The van der Waals surface area contributed by atoms with Crippen LogP contribution in [0.3, 0.4) is 0 Å². The number of hydrogen-bond donors (Lipinski definition) is 1. The second kappa shape index (κ2) is 5.05. The predicted octanol–water partition coefficient (Wildman–Crippen LogP) is 2.98. The normalized spacial score (nSPS) is 30.5. The standard InChI is InChI=1S/C15H18INO2/c16-13-5-1-3-11(7-13)8-17-9-12-4-2-6-15(12,10-17)14(18)19/h1,3,5,7,12H,2,4,6,8-10H2,(H,18,19)/t12-,15+/m0/s1. The van der Waals surface area contributed by atoms with Gasteiger partial charge in [0.25, 0.3) is 0 Å². The molecule has 3 rings (SSSR count). The first kappa shape index (κ1) is 13.4. The van der Waals surface area contributed by atoms with Gasteiger partial charge in [0.15, 0.2) is 0 Å². The molecule has 4 heteroatoms. The number of hydrogen-bond acceptors (Lipinski definition) is 2. The van der Waals surface area contributed by atoms with Crippen LogP contribution in [-0.2, 0) is 11.3 Å². The highest BCUT2D eigenvalue weighted by Crippen LogP contribution is 2.49. The van der Waals surface area contributed by atoms with Crippen molar-refractivity contribution in [2.75, 3.05) is 13.1 Å². The van der Waals surface area contributed by atoms with Crippen LogP contribution in [0.25, 0.3) is 0 Å². The van der Waals surface area contributed by atoms with Crippen molar-refractivity contribution in [3.63, 3.8) is 0 Å². The molecule has 2 fully saturated rings. The molecule has 1 aliphatic carbocycles. The lowest BCUT2D eigenvalue weighted by molar-refractivity contribution is -0.149. The van der Waals surface area contributed by atoms with Crippen LogP contribution >= 0.6 is 22.6 Å². The van der Waals surface area contributed by atoms with Gasteiger partial charge in [0.2, 0.25) is 0 Å². The molecule has 1 aliphatic heterocycles. The molecule has 0 radical (unpaired) electrons. The second-order valence-corrected chi connectivity index (χ2v) is 7.10. The number of carboxylic acid groups (broad SMARTS) is 1. The SMILES string of the molecule is O=C(O)[C@@]12CCC[C@H]1CN(Cc1cccc(I)c1)C2. The molecule has 0 amide bonds. The van der Waals surface area contributed by atoms with Gasteiger partial charge in [-0.05, 0) is 59.0 Å². The number of carboxylic acids is 1. The lowest BCUT2D eigenvalue weighted by atomic mass is 9.81. The van der Waals surface area contributed by atoms with Gasteiger partial charge in [-0.1, -0.05) is 18.6 Å². The van der Waals surface area contributed by atoms with Crippen molar-refractivity contribution in [3.8, 4) is 0 Å². The first-order valence-electron chi connectivity index (χ1n) is 6.80. The fourth-order valence-corrected chi connectivity index (χ4v) is 4.36. The van der Waals surface area contributed by atoms with Gasteiger partial charge in [0.1, 0.15) is 0 Å². The van der Waals surface area contributed by atoms with Gasteiger partial charge in [-0.3, -0.25) is 9.69 Å². The molecule has 0 unspecified atom stereocenters. The lowest BCUT2D eigenvalue weighted by Gasteiger charge is -2.23. The number of likely N-dealkylation sites (tertiary alicyclic amines) is 1. The van der Waals surface area contributed by atoms with E-state index in [2.05, 4.69) is 51.8 Å². The molecule has 1 heterocycles. The van der Waals surface area contributed by atoms with Gasteiger partial charge in [-0.25, -0.2) is 0 Å². The molecule has 0 aromatic heterocycles. The third-order valence-electron chi connectivity index (χ3n) is 4.66. The van der Waals surface area contributed by atoms with Crippen LogP contribution in [0.1, 0.15) is 24.8 Å². The molecule has 0 bridgehead atoms. The molecule has 2 aliphatic rings. The molecule has 0 spiro atoms. The molecule has 19 heavy (non-hydrogen) atoms. The summed E-state index contributed by atoms with van der Waals surface area (Å²) >= 11 is 2.32. The van der Waals surface area contributed by atoms with Crippen molar-refractivity contribution in [2.45, 2.75) is 25.8 Å². The van der Waals surface area contributed by atoms with E-state index in [1.165, 1.54) is 9.13 Å². The average molecular weight is 371 g/mol. The van der Waals surface area contributed by atoms with Crippen molar-refractivity contribution in [1.82, 2.24) is 4.90 Å². The maximum absolute atomic E-state index is 11.6. The fourth-order valence-electron chi connectivity index (χ4n) is 3.76. The van der Waals surface area contributed by atoms with E-state index in [0.717, 1.165) is 38.9 Å². The topological polar surface area (TPSA) is 40.5 Å². The van der Waals surface area contributed by atoms with Crippen molar-refractivity contribution in [2.24, 2.45) is 11.3 Å². The zero-order valence-corrected chi connectivity index (χ0v) is 13.0. The van der Waals surface area contributed by atoms with E-state index in [1.54, 1.807) is 0 Å². The summed E-state index contributed by atoms with van der Waals surface area (Å²) in [5.74, 6) is -0.229. The van der Waals surface area contributed by atoms with Crippen LogP contribution in [0.2, 0.25) is 0 Å². The fraction of sp³-hybridized carbons (Fsp3) is 0.533. The smallest absolute Gasteiger partial charge is 0.311 e. The number of aliphatic carboxylic acids is 1.